The van der Waals surface area contributed by atoms with Gasteiger partial charge in [-0.2, -0.15) is 0 Å². The van der Waals surface area contributed by atoms with Crippen molar-refractivity contribution < 1.29 is 23.6 Å². The fourth-order valence-electron chi connectivity index (χ4n) is 3.49. The van der Waals surface area contributed by atoms with Crippen LogP contribution in [0.25, 0.3) is 22.3 Å². The van der Waals surface area contributed by atoms with Crippen molar-refractivity contribution in [1.82, 2.24) is 0 Å². The lowest BCUT2D eigenvalue weighted by atomic mass is 10.0. The van der Waals surface area contributed by atoms with Crippen LogP contribution < -0.4 is 14.9 Å². The number of ether oxygens (including phenoxy) is 2. The molecule has 0 bridgehead atoms. The summed E-state index contributed by atoms with van der Waals surface area (Å²) in [6.07, 6.45) is 0. The number of carbonyl (C=O) groups excluding carboxylic acids is 1. The van der Waals surface area contributed by atoms with Gasteiger partial charge < -0.3 is 13.9 Å². The molecule has 0 atom stereocenters. The van der Waals surface area contributed by atoms with Crippen LogP contribution in [0.15, 0.2) is 69.9 Å². The molecule has 3 aromatic carbocycles. The third kappa shape index (κ3) is 4.38. The molecule has 0 saturated carbocycles. The zero-order chi connectivity index (χ0) is 24.4. The molecule has 8 heteroatoms. The van der Waals surface area contributed by atoms with E-state index in [2.05, 4.69) is 0 Å². The molecule has 0 spiro atoms. The van der Waals surface area contributed by atoms with Crippen molar-refractivity contribution in [2.75, 3.05) is 13.7 Å². The lowest BCUT2D eigenvalue weighted by Crippen LogP contribution is -2.17. The zero-order valence-electron chi connectivity index (χ0n) is 18.8. The minimum absolute atomic E-state index is 0.0869. The normalized spacial score (nSPS) is 10.8. The van der Waals surface area contributed by atoms with Gasteiger partial charge in [0.15, 0.2) is 18.2 Å². The number of nitrogens with zero attached hydrogens (tertiary/aromatic N) is 1. The molecule has 4 rings (SSSR count). The first-order valence-corrected chi connectivity index (χ1v) is 10.4. The largest absolute Gasteiger partial charge is 0.497 e. The monoisotopic (exact) mass is 459 g/mol. The van der Waals surface area contributed by atoms with Crippen molar-refractivity contribution in [3.05, 3.63) is 97.7 Å². The smallest absolute Gasteiger partial charge is 0.269 e. The first kappa shape index (κ1) is 22.7. The molecule has 0 aliphatic rings. The fourth-order valence-corrected chi connectivity index (χ4v) is 3.49. The number of aryl methyl sites for hydroxylation is 2. The topological polar surface area (TPSA) is 109 Å². The van der Waals surface area contributed by atoms with Gasteiger partial charge in [0, 0.05) is 23.3 Å². The van der Waals surface area contributed by atoms with Crippen LogP contribution in [0.5, 0.6) is 11.5 Å². The third-order valence-electron chi connectivity index (χ3n) is 5.56. The summed E-state index contributed by atoms with van der Waals surface area (Å²) >= 11 is 0. The van der Waals surface area contributed by atoms with Crippen LogP contribution in [-0.4, -0.2) is 24.4 Å². The van der Waals surface area contributed by atoms with E-state index in [9.17, 15) is 19.7 Å². The van der Waals surface area contributed by atoms with E-state index in [0.29, 0.717) is 22.3 Å². The predicted octanol–water partition coefficient (Wildman–Crippen LogP) is 5.26. The van der Waals surface area contributed by atoms with Gasteiger partial charge in [-0.05, 0) is 73.5 Å². The highest BCUT2D eigenvalue weighted by molar-refractivity contribution is 5.97. The molecule has 0 unspecified atom stereocenters. The summed E-state index contributed by atoms with van der Waals surface area (Å²) in [5.41, 5.74) is 2.59. The van der Waals surface area contributed by atoms with E-state index in [4.69, 9.17) is 13.9 Å². The quantitative estimate of drug-likeness (QED) is 0.211. The molecule has 4 aromatic rings. The van der Waals surface area contributed by atoms with Crippen LogP contribution in [0.2, 0.25) is 0 Å². The molecule has 1 heterocycles. The van der Waals surface area contributed by atoms with Gasteiger partial charge in [-0.25, -0.2) is 0 Å². The number of non-ortho nitro benzene ring substituents is 1. The van der Waals surface area contributed by atoms with Gasteiger partial charge in [0.2, 0.25) is 11.2 Å². The summed E-state index contributed by atoms with van der Waals surface area (Å²) in [5.74, 6) is 0.306. The molecule has 8 nitrogen and oxygen atoms in total. The molecule has 34 heavy (non-hydrogen) atoms. The molecule has 0 amide bonds. The van der Waals surface area contributed by atoms with Crippen molar-refractivity contribution in [3.63, 3.8) is 0 Å². The van der Waals surface area contributed by atoms with Crippen LogP contribution in [-0.2, 0) is 0 Å². The number of nitro groups is 1. The summed E-state index contributed by atoms with van der Waals surface area (Å²) in [6, 6.07) is 15.6. The van der Waals surface area contributed by atoms with E-state index in [-0.39, 0.29) is 22.8 Å². The van der Waals surface area contributed by atoms with Gasteiger partial charge in [-0.3, -0.25) is 19.7 Å². The molecule has 0 radical (unpaired) electrons. The number of hydrogen-bond donors (Lipinski definition) is 0. The molecular formula is C26H21NO7. The zero-order valence-corrected chi connectivity index (χ0v) is 18.8. The highest BCUT2D eigenvalue weighted by atomic mass is 16.6. The van der Waals surface area contributed by atoms with Crippen LogP contribution in [0, 0.1) is 24.0 Å². The predicted molar refractivity (Wildman–Crippen MR) is 127 cm³/mol. The van der Waals surface area contributed by atoms with Gasteiger partial charge in [0.25, 0.3) is 5.69 Å². The lowest BCUT2D eigenvalue weighted by Gasteiger charge is -2.13. The van der Waals surface area contributed by atoms with Gasteiger partial charge in [0.1, 0.15) is 11.3 Å². The molecule has 0 aliphatic heterocycles. The second-order valence-corrected chi connectivity index (χ2v) is 7.77. The fraction of sp³-hybridized carbons (Fsp3) is 0.154. The Morgan fingerprint density at radius 3 is 2.26 bits per heavy atom. The Hall–Kier alpha value is -4.46. The second kappa shape index (κ2) is 9.19. The second-order valence-electron chi connectivity index (χ2n) is 7.77. The summed E-state index contributed by atoms with van der Waals surface area (Å²) in [5, 5.41) is 11.2. The van der Waals surface area contributed by atoms with E-state index >= 15 is 0 Å². The van der Waals surface area contributed by atoms with Crippen LogP contribution in [0.4, 0.5) is 5.69 Å². The Labute approximate surface area is 194 Å². The van der Waals surface area contributed by atoms with Gasteiger partial charge in [-0.1, -0.05) is 0 Å². The minimum Gasteiger partial charge on any atom is -0.497 e. The number of hydrogen-bond acceptors (Lipinski definition) is 7. The van der Waals surface area contributed by atoms with Crippen molar-refractivity contribution in [1.29, 1.82) is 0 Å². The van der Waals surface area contributed by atoms with Crippen molar-refractivity contribution >= 4 is 22.4 Å². The van der Waals surface area contributed by atoms with Gasteiger partial charge >= 0.3 is 0 Å². The Morgan fingerprint density at radius 1 is 1.00 bits per heavy atom. The summed E-state index contributed by atoms with van der Waals surface area (Å²) in [7, 11) is 1.55. The van der Waals surface area contributed by atoms with E-state index in [1.807, 2.05) is 13.8 Å². The maximum absolute atomic E-state index is 13.4. The number of benzene rings is 3. The number of methoxy groups -OCH3 is 1. The molecule has 0 aliphatic carbocycles. The molecule has 1 aromatic heterocycles. The standard InChI is InChI=1S/C26H21NO7/c1-15-12-21-23(13-16(15)2)34-25(18-6-10-20(32-3)11-7-18)26(24(21)29)33-14-22(28)17-4-8-19(9-5-17)27(30)31/h4-13H,14H2,1-3H3. The highest BCUT2D eigenvalue weighted by Crippen LogP contribution is 2.33. The van der Waals surface area contributed by atoms with Crippen LogP contribution in [0.1, 0.15) is 21.5 Å². The summed E-state index contributed by atoms with van der Waals surface area (Å²) in [6.45, 7) is 3.38. The van der Waals surface area contributed by atoms with E-state index in [0.717, 1.165) is 11.1 Å². The Kier molecular flexibility index (Phi) is 6.14. The third-order valence-corrected chi connectivity index (χ3v) is 5.56. The molecule has 0 N–H and O–H groups in total. The Bertz CT molecular complexity index is 1450. The number of Topliss-reactive ketones (excluding diaryl/α,β-unsaturated/α-hetero) is 1. The van der Waals surface area contributed by atoms with Crippen molar-refractivity contribution in [3.8, 4) is 22.8 Å². The maximum Gasteiger partial charge on any atom is 0.269 e. The molecular weight excluding hydrogens is 438 g/mol. The first-order valence-electron chi connectivity index (χ1n) is 10.4. The Morgan fingerprint density at radius 2 is 1.65 bits per heavy atom. The van der Waals surface area contributed by atoms with Crippen molar-refractivity contribution in [2.24, 2.45) is 0 Å². The number of carbonyl (C=O) groups is 1. The van der Waals surface area contributed by atoms with Gasteiger partial charge in [-0.15, -0.1) is 0 Å². The van der Waals surface area contributed by atoms with Gasteiger partial charge in [0.05, 0.1) is 17.4 Å². The number of rotatable bonds is 7. The summed E-state index contributed by atoms with van der Waals surface area (Å²) in [4.78, 5) is 36.3. The summed E-state index contributed by atoms with van der Waals surface area (Å²) < 4.78 is 17.0. The SMILES string of the molecule is COc1ccc(-c2oc3cc(C)c(C)cc3c(=O)c2OCC(=O)c2ccc([N+](=O)[O-])cc2)cc1. The number of nitro benzene ring substituents is 1. The number of fused-ring (bicyclic) bond motifs is 1. The average Bonchev–Trinajstić information content (AvgIpc) is 2.84. The average molecular weight is 459 g/mol. The molecule has 172 valence electrons. The van der Waals surface area contributed by atoms with Crippen LogP contribution >= 0.6 is 0 Å². The van der Waals surface area contributed by atoms with Crippen LogP contribution in [0.3, 0.4) is 0 Å². The Balaban J connectivity index is 1.75. The van der Waals surface area contributed by atoms with E-state index < -0.39 is 22.7 Å². The van der Waals surface area contributed by atoms with E-state index in [1.54, 1.807) is 43.5 Å². The van der Waals surface area contributed by atoms with E-state index in [1.165, 1.54) is 24.3 Å². The molecule has 0 saturated heterocycles. The van der Waals surface area contributed by atoms with Crippen molar-refractivity contribution in [2.45, 2.75) is 13.8 Å². The number of ketones is 1. The molecule has 0 fully saturated rings. The minimum atomic E-state index is -0.546. The lowest BCUT2D eigenvalue weighted by molar-refractivity contribution is -0.384. The maximum atomic E-state index is 13.4. The highest BCUT2D eigenvalue weighted by Gasteiger charge is 2.20. The first-order chi connectivity index (χ1) is 16.3.